The third-order valence-electron chi connectivity index (χ3n) is 4.32. The van der Waals surface area contributed by atoms with Crippen molar-refractivity contribution in [3.8, 4) is 5.75 Å². The molecule has 1 aromatic carbocycles. The molecule has 1 aliphatic carbocycles. The third kappa shape index (κ3) is 6.19. The van der Waals surface area contributed by atoms with Crippen LogP contribution in [0.2, 0.25) is 10.0 Å². The number of amides is 1. The molecule has 1 unspecified atom stereocenters. The van der Waals surface area contributed by atoms with Gasteiger partial charge in [-0.3, -0.25) is 4.79 Å². The summed E-state index contributed by atoms with van der Waals surface area (Å²) in [7, 11) is 0. The van der Waals surface area contributed by atoms with Crippen molar-refractivity contribution >= 4 is 34.8 Å². The van der Waals surface area contributed by atoms with Crippen molar-refractivity contribution in [3.63, 3.8) is 0 Å². The number of hydrogen-bond donors (Lipinski definition) is 1. The number of carbonyl (C=O) groups is 1. The molecule has 0 aliphatic heterocycles. The number of ether oxygens (including phenoxy) is 1. The van der Waals surface area contributed by atoms with Gasteiger partial charge in [0.05, 0.1) is 17.3 Å². The van der Waals surface area contributed by atoms with Crippen LogP contribution in [0.4, 0.5) is 0 Å². The molecule has 1 amide bonds. The van der Waals surface area contributed by atoms with Gasteiger partial charge in [0.1, 0.15) is 5.75 Å². The molecule has 4 nitrogen and oxygen atoms in total. The topological polar surface area (TPSA) is 50.7 Å². The molecule has 2 rings (SSSR count). The number of halogens is 2. The van der Waals surface area contributed by atoms with Crippen molar-refractivity contribution < 1.29 is 9.53 Å². The lowest BCUT2D eigenvalue weighted by Gasteiger charge is -2.22. The highest BCUT2D eigenvalue weighted by molar-refractivity contribution is 6.35. The quantitative estimate of drug-likeness (QED) is 0.374. The average Bonchev–Trinajstić information content (AvgIpc) is 2.59. The fourth-order valence-electron chi connectivity index (χ4n) is 2.62. The lowest BCUT2D eigenvalue weighted by Crippen LogP contribution is -2.23. The van der Waals surface area contributed by atoms with Crippen molar-refractivity contribution in [3.05, 3.63) is 52.0 Å². The van der Waals surface area contributed by atoms with Crippen LogP contribution >= 0.6 is 23.2 Å². The number of benzene rings is 1. The van der Waals surface area contributed by atoms with Gasteiger partial charge in [-0.05, 0) is 62.8 Å². The summed E-state index contributed by atoms with van der Waals surface area (Å²) >= 11 is 11.9. The van der Waals surface area contributed by atoms with Gasteiger partial charge in [-0.1, -0.05) is 41.4 Å². The number of nitrogens with zero attached hydrogens (tertiary/aromatic N) is 1. The van der Waals surface area contributed by atoms with Crippen LogP contribution in [0.3, 0.4) is 0 Å². The minimum absolute atomic E-state index is 0.131. The Morgan fingerprint density at radius 2 is 2.19 bits per heavy atom. The molecule has 1 atom stereocenters. The minimum atomic E-state index is -0.131. The molecule has 0 saturated carbocycles. The van der Waals surface area contributed by atoms with E-state index in [1.54, 1.807) is 18.2 Å². The van der Waals surface area contributed by atoms with Gasteiger partial charge in [0.2, 0.25) is 5.91 Å². The van der Waals surface area contributed by atoms with Crippen LogP contribution in [0.1, 0.15) is 39.5 Å². The largest absolute Gasteiger partial charge is 0.492 e. The van der Waals surface area contributed by atoms with E-state index in [4.69, 9.17) is 27.9 Å². The summed E-state index contributed by atoms with van der Waals surface area (Å²) in [6, 6.07) is 5.05. The standard InChI is InChI=1S/C20H24Cl2N2O2/c1-13(2)15-7-6-14(3)18(11-15)23-24-20(25)5-4-10-26-19-9-8-16(21)12-17(19)22/h6,8-9,12,15H,1,4-5,7,10-11H2,2-3H3,(H,24,25). The molecule has 0 saturated heterocycles. The first-order chi connectivity index (χ1) is 12.4. The van der Waals surface area contributed by atoms with Crippen LogP contribution < -0.4 is 10.2 Å². The number of rotatable bonds is 7. The second-order valence-corrected chi connectivity index (χ2v) is 7.33. The Balaban J connectivity index is 1.75. The smallest absolute Gasteiger partial charge is 0.240 e. The molecule has 1 aliphatic rings. The number of nitrogens with one attached hydrogen (secondary N) is 1. The van der Waals surface area contributed by atoms with Gasteiger partial charge in [0.25, 0.3) is 0 Å². The number of carbonyl (C=O) groups excluding carboxylic acids is 1. The third-order valence-corrected chi connectivity index (χ3v) is 4.85. The second kappa shape index (κ2) is 9.79. The van der Waals surface area contributed by atoms with Crippen LogP contribution in [0.5, 0.6) is 5.75 Å². The van der Waals surface area contributed by atoms with E-state index < -0.39 is 0 Å². The summed E-state index contributed by atoms with van der Waals surface area (Å²) in [6.45, 7) is 8.46. The highest BCUT2D eigenvalue weighted by atomic mass is 35.5. The van der Waals surface area contributed by atoms with E-state index in [2.05, 4.69) is 23.2 Å². The molecule has 0 fully saturated rings. The summed E-state index contributed by atoms with van der Waals surface area (Å²) < 4.78 is 5.57. The normalized spacial score (nSPS) is 18.4. The van der Waals surface area contributed by atoms with E-state index in [0.29, 0.717) is 41.2 Å². The Morgan fingerprint density at radius 3 is 2.88 bits per heavy atom. The van der Waals surface area contributed by atoms with Gasteiger partial charge in [-0.2, -0.15) is 5.10 Å². The Labute approximate surface area is 164 Å². The molecule has 1 aromatic rings. The SMILES string of the molecule is C=C(C)C1CC=C(C)C(=NNC(=O)CCCOc2ccc(Cl)cc2Cl)C1. The van der Waals surface area contributed by atoms with E-state index in [1.165, 1.54) is 0 Å². The predicted molar refractivity (Wildman–Crippen MR) is 108 cm³/mol. The zero-order valence-electron chi connectivity index (χ0n) is 15.1. The average molecular weight is 395 g/mol. The zero-order chi connectivity index (χ0) is 19.1. The molecule has 0 heterocycles. The van der Waals surface area contributed by atoms with Gasteiger partial charge in [-0.25, -0.2) is 5.43 Å². The molecule has 0 spiro atoms. The van der Waals surface area contributed by atoms with Gasteiger partial charge in [-0.15, -0.1) is 0 Å². The van der Waals surface area contributed by atoms with E-state index in [-0.39, 0.29) is 5.91 Å². The maximum absolute atomic E-state index is 12.0. The summed E-state index contributed by atoms with van der Waals surface area (Å²) in [5.41, 5.74) is 5.82. The molecule has 1 N–H and O–H groups in total. The van der Waals surface area contributed by atoms with Crippen LogP contribution in [0.25, 0.3) is 0 Å². The first-order valence-electron chi connectivity index (χ1n) is 8.62. The zero-order valence-corrected chi connectivity index (χ0v) is 16.7. The highest BCUT2D eigenvalue weighted by Gasteiger charge is 2.18. The summed E-state index contributed by atoms with van der Waals surface area (Å²) in [5, 5.41) is 5.30. The molecule has 26 heavy (non-hydrogen) atoms. The van der Waals surface area contributed by atoms with Crippen molar-refractivity contribution in [2.45, 2.75) is 39.5 Å². The molecular weight excluding hydrogens is 371 g/mol. The van der Waals surface area contributed by atoms with Crippen molar-refractivity contribution in [1.82, 2.24) is 5.43 Å². The fraction of sp³-hybridized carbons (Fsp3) is 0.400. The van der Waals surface area contributed by atoms with Gasteiger partial charge in [0.15, 0.2) is 0 Å². The Bertz CT molecular complexity index is 741. The first-order valence-corrected chi connectivity index (χ1v) is 9.38. The second-order valence-electron chi connectivity index (χ2n) is 6.49. The number of hydrazone groups is 1. The van der Waals surface area contributed by atoms with Gasteiger partial charge >= 0.3 is 0 Å². The van der Waals surface area contributed by atoms with Gasteiger partial charge < -0.3 is 4.74 Å². The Morgan fingerprint density at radius 1 is 1.42 bits per heavy atom. The maximum atomic E-state index is 12.0. The maximum Gasteiger partial charge on any atom is 0.240 e. The number of allylic oxidation sites excluding steroid dienone is 3. The minimum Gasteiger partial charge on any atom is -0.492 e. The molecule has 0 aromatic heterocycles. The summed E-state index contributed by atoms with van der Waals surface area (Å²) in [4.78, 5) is 12.0. The van der Waals surface area contributed by atoms with Crippen molar-refractivity contribution in [2.75, 3.05) is 6.61 Å². The van der Waals surface area contributed by atoms with Gasteiger partial charge in [0, 0.05) is 11.4 Å². The molecule has 140 valence electrons. The van der Waals surface area contributed by atoms with Crippen LogP contribution in [-0.2, 0) is 4.79 Å². The van der Waals surface area contributed by atoms with Crippen molar-refractivity contribution in [1.29, 1.82) is 0 Å². The number of hydrogen-bond acceptors (Lipinski definition) is 3. The Hall–Kier alpha value is -1.78. The van der Waals surface area contributed by atoms with E-state index in [1.807, 2.05) is 13.8 Å². The van der Waals surface area contributed by atoms with Crippen molar-refractivity contribution in [2.24, 2.45) is 11.0 Å². The lowest BCUT2D eigenvalue weighted by molar-refractivity contribution is -0.121. The molecule has 6 heteroatoms. The summed E-state index contributed by atoms with van der Waals surface area (Å²) in [5.74, 6) is 0.825. The molecule has 0 radical (unpaired) electrons. The van der Waals surface area contributed by atoms with E-state index >= 15 is 0 Å². The summed E-state index contributed by atoms with van der Waals surface area (Å²) in [6.07, 6.45) is 4.85. The first kappa shape index (κ1) is 20.5. The van der Waals surface area contributed by atoms with E-state index in [0.717, 1.165) is 29.7 Å². The predicted octanol–water partition coefficient (Wildman–Crippen LogP) is 5.56. The lowest BCUT2D eigenvalue weighted by atomic mass is 9.85. The Kier molecular flexibility index (Phi) is 7.73. The monoisotopic (exact) mass is 394 g/mol. The molecule has 0 bridgehead atoms. The fourth-order valence-corrected chi connectivity index (χ4v) is 3.08. The molecular formula is C20H24Cl2N2O2. The van der Waals surface area contributed by atoms with E-state index in [9.17, 15) is 4.79 Å². The van der Waals surface area contributed by atoms with Crippen LogP contribution in [-0.4, -0.2) is 18.2 Å². The van der Waals surface area contributed by atoms with Crippen LogP contribution in [0, 0.1) is 5.92 Å². The highest BCUT2D eigenvalue weighted by Crippen LogP contribution is 2.28. The van der Waals surface area contributed by atoms with Crippen LogP contribution in [0.15, 0.2) is 47.1 Å².